The molecule has 94 valence electrons. The predicted octanol–water partition coefficient (Wildman–Crippen LogP) is 2.89. The van der Waals surface area contributed by atoms with Gasteiger partial charge in [0.2, 0.25) is 0 Å². The average molecular weight is 246 g/mol. The van der Waals surface area contributed by atoms with Crippen LogP contribution < -0.4 is 5.32 Å². The molecular weight excluding hydrogens is 231 g/mol. The van der Waals surface area contributed by atoms with Gasteiger partial charge in [0.05, 0.1) is 24.5 Å². The monoisotopic (exact) mass is 246 g/mol. The molecule has 18 heavy (non-hydrogen) atoms. The van der Waals surface area contributed by atoms with E-state index in [1.165, 1.54) is 12.3 Å². The fourth-order valence-corrected chi connectivity index (χ4v) is 1.75. The fraction of sp³-hybridized carbons (Fsp3) is 0.214. The van der Waals surface area contributed by atoms with Crippen LogP contribution in [0.15, 0.2) is 42.6 Å². The molecule has 3 nitrogen and oxygen atoms in total. The van der Waals surface area contributed by atoms with E-state index in [-0.39, 0.29) is 18.5 Å². The van der Waals surface area contributed by atoms with Gasteiger partial charge in [-0.1, -0.05) is 18.2 Å². The van der Waals surface area contributed by atoms with E-state index in [4.69, 9.17) is 0 Å². The van der Waals surface area contributed by atoms with E-state index < -0.39 is 0 Å². The second-order valence-corrected chi connectivity index (χ2v) is 4.08. The number of nitrogens with zero attached hydrogens (tertiary/aromatic N) is 1. The molecule has 0 amide bonds. The van der Waals surface area contributed by atoms with Crippen molar-refractivity contribution >= 4 is 5.69 Å². The molecule has 2 aromatic rings. The molecule has 1 aromatic heterocycles. The molecule has 1 aromatic carbocycles. The lowest BCUT2D eigenvalue weighted by Gasteiger charge is -2.17. The van der Waals surface area contributed by atoms with Crippen molar-refractivity contribution in [2.24, 2.45) is 0 Å². The number of aliphatic hydroxyl groups is 1. The van der Waals surface area contributed by atoms with Crippen LogP contribution >= 0.6 is 0 Å². The van der Waals surface area contributed by atoms with Gasteiger partial charge >= 0.3 is 0 Å². The van der Waals surface area contributed by atoms with E-state index in [1.54, 1.807) is 6.07 Å². The van der Waals surface area contributed by atoms with Gasteiger partial charge in [0.1, 0.15) is 5.82 Å². The van der Waals surface area contributed by atoms with E-state index in [1.807, 2.05) is 31.2 Å². The third-order valence-corrected chi connectivity index (χ3v) is 2.75. The number of aliphatic hydroxyl groups excluding tert-OH is 1. The Hall–Kier alpha value is -1.94. The van der Waals surface area contributed by atoms with Crippen molar-refractivity contribution in [3.8, 4) is 0 Å². The highest BCUT2D eigenvalue weighted by atomic mass is 19.1. The Balaban J connectivity index is 2.15. The first-order valence-corrected chi connectivity index (χ1v) is 5.77. The number of nitrogens with one attached hydrogen (secondary N) is 1. The summed E-state index contributed by atoms with van der Waals surface area (Å²) in [5.74, 6) is -0.346. The van der Waals surface area contributed by atoms with Crippen LogP contribution in [0.1, 0.15) is 24.2 Å². The molecular formula is C14H15FN2O. The van der Waals surface area contributed by atoms with Crippen LogP contribution in [0.5, 0.6) is 0 Å². The molecule has 0 bridgehead atoms. The Morgan fingerprint density at radius 3 is 2.72 bits per heavy atom. The van der Waals surface area contributed by atoms with Gasteiger partial charge in [0.15, 0.2) is 0 Å². The molecule has 0 radical (unpaired) electrons. The highest BCUT2D eigenvalue weighted by Crippen LogP contribution is 2.21. The van der Waals surface area contributed by atoms with Crippen molar-refractivity contribution in [1.29, 1.82) is 0 Å². The summed E-state index contributed by atoms with van der Waals surface area (Å²) in [6.45, 7) is 1.92. The zero-order valence-electron chi connectivity index (χ0n) is 10.1. The lowest BCUT2D eigenvalue weighted by Crippen LogP contribution is -2.10. The van der Waals surface area contributed by atoms with Crippen LogP contribution in [0.4, 0.5) is 10.1 Å². The highest BCUT2D eigenvalue weighted by Gasteiger charge is 2.08. The molecule has 1 heterocycles. The van der Waals surface area contributed by atoms with Crippen molar-refractivity contribution in [2.45, 2.75) is 19.6 Å². The Bertz CT molecular complexity index is 513. The molecule has 0 saturated carbocycles. The number of hydrogen-bond donors (Lipinski definition) is 2. The number of para-hydroxylation sites is 1. The van der Waals surface area contributed by atoms with Gasteiger partial charge in [-0.15, -0.1) is 0 Å². The molecule has 0 aliphatic heterocycles. The normalized spacial score (nSPS) is 12.2. The lowest BCUT2D eigenvalue weighted by atomic mass is 10.1. The predicted molar refractivity (Wildman–Crippen MR) is 68.6 cm³/mol. The summed E-state index contributed by atoms with van der Waals surface area (Å²) >= 11 is 0. The van der Waals surface area contributed by atoms with E-state index in [0.29, 0.717) is 0 Å². The Morgan fingerprint density at radius 2 is 2.06 bits per heavy atom. The van der Waals surface area contributed by atoms with Gasteiger partial charge in [0, 0.05) is 11.3 Å². The smallest absolute Gasteiger partial charge is 0.141 e. The topological polar surface area (TPSA) is 45.1 Å². The minimum Gasteiger partial charge on any atom is -0.392 e. The van der Waals surface area contributed by atoms with Crippen molar-refractivity contribution < 1.29 is 9.50 Å². The molecule has 2 N–H and O–H groups in total. The zero-order valence-corrected chi connectivity index (χ0v) is 10.1. The van der Waals surface area contributed by atoms with Crippen LogP contribution in [-0.4, -0.2) is 10.1 Å². The zero-order chi connectivity index (χ0) is 13.0. The van der Waals surface area contributed by atoms with Gasteiger partial charge in [-0.25, -0.2) is 4.39 Å². The third kappa shape index (κ3) is 2.84. The van der Waals surface area contributed by atoms with E-state index in [9.17, 15) is 9.50 Å². The number of hydrogen-bond acceptors (Lipinski definition) is 3. The molecule has 0 fully saturated rings. The number of anilines is 1. The Labute approximate surface area is 105 Å². The highest BCUT2D eigenvalue weighted by molar-refractivity contribution is 5.51. The van der Waals surface area contributed by atoms with Gasteiger partial charge in [0.25, 0.3) is 0 Å². The van der Waals surface area contributed by atoms with Crippen molar-refractivity contribution in [1.82, 2.24) is 4.98 Å². The van der Waals surface area contributed by atoms with Gasteiger partial charge in [-0.05, 0) is 25.1 Å². The van der Waals surface area contributed by atoms with Crippen LogP contribution in [0, 0.1) is 5.82 Å². The molecule has 0 spiro atoms. The molecule has 0 aliphatic rings. The molecule has 1 unspecified atom stereocenters. The maximum Gasteiger partial charge on any atom is 0.141 e. The maximum atomic E-state index is 12.8. The van der Waals surface area contributed by atoms with Gasteiger partial charge in [-0.3, -0.25) is 4.98 Å². The quantitative estimate of drug-likeness (QED) is 0.872. The number of aromatic nitrogens is 1. The van der Waals surface area contributed by atoms with Crippen LogP contribution in [0.2, 0.25) is 0 Å². The second-order valence-electron chi connectivity index (χ2n) is 4.08. The lowest BCUT2D eigenvalue weighted by molar-refractivity contribution is 0.282. The van der Waals surface area contributed by atoms with E-state index >= 15 is 0 Å². The number of rotatable bonds is 4. The van der Waals surface area contributed by atoms with Crippen molar-refractivity contribution in [3.05, 3.63) is 59.7 Å². The third-order valence-electron chi connectivity index (χ3n) is 2.75. The Morgan fingerprint density at radius 1 is 1.28 bits per heavy atom. The first-order chi connectivity index (χ1) is 8.70. The molecule has 4 heteroatoms. The standard InChI is InChI=1S/C14H15FN2O/c1-10(13-7-6-12(15)8-16-13)17-14-5-3-2-4-11(14)9-18/h2-8,10,17-18H,9H2,1H3. The van der Waals surface area contributed by atoms with Crippen LogP contribution in [0.25, 0.3) is 0 Å². The summed E-state index contributed by atoms with van der Waals surface area (Å²) in [4.78, 5) is 4.03. The first-order valence-electron chi connectivity index (χ1n) is 5.77. The molecule has 0 saturated heterocycles. The molecule has 1 atom stereocenters. The van der Waals surface area contributed by atoms with Gasteiger partial charge < -0.3 is 10.4 Å². The molecule has 2 rings (SSSR count). The fourth-order valence-electron chi connectivity index (χ4n) is 1.75. The summed E-state index contributed by atoms with van der Waals surface area (Å²) in [7, 11) is 0. The minimum atomic E-state index is -0.346. The first kappa shape index (κ1) is 12.5. The van der Waals surface area contributed by atoms with Crippen LogP contribution in [0.3, 0.4) is 0 Å². The van der Waals surface area contributed by atoms with Gasteiger partial charge in [-0.2, -0.15) is 0 Å². The SMILES string of the molecule is CC(Nc1ccccc1CO)c1ccc(F)cn1. The maximum absolute atomic E-state index is 12.8. The number of halogens is 1. The summed E-state index contributed by atoms with van der Waals surface area (Å²) < 4.78 is 12.8. The van der Waals surface area contributed by atoms with E-state index in [2.05, 4.69) is 10.3 Å². The summed E-state index contributed by atoms with van der Waals surface area (Å²) in [5.41, 5.74) is 2.44. The van der Waals surface area contributed by atoms with Crippen molar-refractivity contribution in [2.75, 3.05) is 5.32 Å². The number of pyridine rings is 1. The average Bonchev–Trinajstić information content (AvgIpc) is 2.40. The summed E-state index contributed by atoms with van der Waals surface area (Å²) in [5, 5.41) is 12.5. The summed E-state index contributed by atoms with van der Waals surface area (Å²) in [6.07, 6.45) is 1.20. The number of benzene rings is 1. The molecule has 0 aliphatic carbocycles. The van der Waals surface area contributed by atoms with Crippen LogP contribution in [-0.2, 0) is 6.61 Å². The minimum absolute atomic E-state index is 0.0211. The van der Waals surface area contributed by atoms with Crippen molar-refractivity contribution in [3.63, 3.8) is 0 Å². The second kappa shape index (κ2) is 5.60. The summed E-state index contributed by atoms with van der Waals surface area (Å²) in [6, 6.07) is 10.5. The largest absolute Gasteiger partial charge is 0.392 e. The Kier molecular flexibility index (Phi) is 3.89. The van der Waals surface area contributed by atoms with E-state index in [0.717, 1.165) is 16.9 Å².